The number of hydrogen-bond acceptors (Lipinski definition) is 6. The standard InChI is InChI=1S/C11H7FN2O4S/c12-7-1-2-9(10(3-7)14(16)17)11(15)18-5-8-4-13-6-19-8/h1-4,6H,5H2. The topological polar surface area (TPSA) is 82.3 Å². The molecule has 0 spiro atoms. The Hall–Kier alpha value is -2.35. The summed E-state index contributed by atoms with van der Waals surface area (Å²) >= 11 is 1.29. The molecule has 2 rings (SSSR count). The van der Waals surface area contributed by atoms with E-state index in [1.54, 1.807) is 5.51 Å². The van der Waals surface area contributed by atoms with Gasteiger partial charge in [0.1, 0.15) is 18.0 Å². The normalized spacial score (nSPS) is 10.2. The van der Waals surface area contributed by atoms with E-state index < -0.39 is 22.4 Å². The highest BCUT2D eigenvalue weighted by Crippen LogP contribution is 2.21. The molecular formula is C11H7FN2O4S. The average Bonchev–Trinajstić information content (AvgIpc) is 2.88. The second kappa shape index (κ2) is 5.53. The van der Waals surface area contributed by atoms with E-state index in [1.807, 2.05) is 0 Å². The second-order valence-corrected chi connectivity index (χ2v) is 4.43. The Morgan fingerprint density at radius 2 is 2.32 bits per heavy atom. The molecule has 0 amide bonds. The van der Waals surface area contributed by atoms with Crippen LogP contribution in [0.2, 0.25) is 0 Å². The summed E-state index contributed by atoms with van der Waals surface area (Å²) in [5, 5.41) is 10.7. The van der Waals surface area contributed by atoms with Crippen LogP contribution in [0.25, 0.3) is 0 Å². The number of nitro benzene ring substituents is 1. The molecule has 1 heterocycles. The zero-order valence-electron chi connectivity index (χ0n) is 9.41. The molecule has 0 unspecified atom stereocenters. The van der Waals surface area contributed by atoms with E-state index in [0.29, 0.717) is 10.9 Å². The van der Waals surface area contributed by atoms with Gasteiger partial charge in [-0.3, -0.25) is 15.1 Å². The van der Waals surface area contributed by atoms with E-state index in [-0.39, 0.29) is 12.2 Å². The number of aromatic nitrogens is 1. The highest BCUT2D eigenvalue weighted by atomic mass is 32.1. The number of esters is 1. The molecule has 8 heteroatoms. The lowest BCUT2D eigenvalue weighted by Crippen LogP contribution is -2.08. The van der Waals surface area contributed by atoms with Crippen molar-refractivity contribution < 1.29 is 18.8 Å². The third-order valence-corrected chi connectivity index (χ3v) is 2.96. The zero-order chi connectivity index (χ0) is 13.8. The Morgan fingerprint density at radius 3 is 2.95 bits per heavy atom. The first kappa shape index (κ1) is 13.1. The van der Waals surface area contributed by atoms with Crippen molar-refractivity contribution in [2.75, 3.05) is 0 Å². The number of hydrogen-bond donors (Lipinski definition) is 0. The van der Waals surface area contributed by atoms with Gasteiger partial charge in [-0.2, -0.15) is 0 Å². The van der Waals surface area contributed by atoms with Gasteiger partial charge >= 0.3 is 5.97 Å². The highest BCUT2D eigenvalue weighted by molar-refractivity contribution is 7.09. The first-order valence-electron chi connectivity index (χ1n) is 5.06. The Morgan fingerprint density at radius 1 is 1.53 bits per heavy atom. The van der Waals surface area contributed by atoms with Crippen molar-refractivity contribution >= 4 is 23.0 Å². The molecule has 0 atom stereocenters. The number of rotatable bonds is 4. The molecule has 1 aromatic heterocycles. The third kappa shape index (κ3) is 3.10. The molecule has 0 aliphatic carbocycles. The van der Waals surface area contributed by atoms with Crippen LogP contribution >= 0.6 is 11.3 Å². The SMILES string of the molecule is O=C(OCc1cncs1)c1ccc(F)cc1[N+](=O)[O-]. The molecule has 0 N–H and O–H groups in total. The van der Waals surface area contributed by atoms with Gasteiger partial charge in [-0.05, 0) is 12.1 Å². The van der Waals surface area contributed by atoms with Crippen molar-refractivity contribution in [1.29, 1.82) is 0 Å². The van der Waals surface area contributed by atoms with E-state index in [9.17, 15) is 19.3 Å². The van der Waals surface area contributed by atoms with Gasteiger partial charge in [0.05, 0.1) is 21.4 Å². The first-order chi connectivity index (χ1) is 9.08. The van der Waals surface area contributed by atoms with Crippen LogP contribution in [0.4, 0.5) is 10.1 Å². The number of thiazole rings is 1. The zero-order valence-corrected chi connectivity index (χ0v) is 10.2. The molecule has 0 aliphatic heterocycles. The smallest absolute Gasteiger partial charge is 0.345 e. The van der Waals surface area contributed by atoms with Crippen LogP contribution in [0.3, 0.4) is 0 Å². The Labute approximate surface area is 110 Å². The van der Waals surface area contributed by atoms with Crippen LogP contribution in [-0.2, 0) is 11.3 Å². The summed E-state index contributed by atoms with van der Waals surface area (Å²) in [6.07, 6.45) is 1.52. The lowest BCUT2D eigenvalue weighted by molar-refractivity contribution is -0.385. The summed E-state index contributed by atoms with van der Waals surface area (Å²) in [7, 11) is 0. The molecule has 1 aromatic carbocycles. The minimum Gasteiger partial charge on any atom is -0.456 e. The minimum absolute atomic E-state index is 0.0297. The van der Waals surface area contributed by atoms with Crippen molar-refractivity contribution in [3.8, 4) is 0 Å². The quantitative estimate of drug-likeness (QED) is 0.489. The van der Waals surface area contributed by atoms with Crippen molar-refractivity contribution in [2.45, 2.75) is 6.61 Å². The first-order valence-corrected chi connectivity index (χ1v) is 5.94. The van der Waals surface area contributed by atoms with Gasteiger partial charge in [-0.15, -0.1) is 11.3 Å². The maximum absolute atomic E-state index is 12.9. The van der Waals surface area contributed by atoms with Crippen molar-refractivity contribution in [3.63, 3.8) is 0 Å². The molecule has 0 bridgehead atoms. The summed E-state index contributed by atoms with van der Waals surface area (Å²) in [5.41, 5.74) is 0.675. The van der Waals surface area contributed by atoms with Gasteiger partial charge in [0.2, 0.25) is 0 Å². The van der Waals surface area contributed by atoms with Gasteiger partial charge in [-0.1, -0.05) is 0 Å². The molecule has 0 saturated carbocycles. The van der Waals surface area contributed by atoms with Crippen LogP contribution in [0.15, 0.2) is 29.9 Å². The predicted molar refractivity (Wildman–Crippen MR) is 64.3 cm³/mol. The fourth-order valence-electron chi connectivity index (χ4n) is 1.36. The Balaban J connectivity index is 2.16. The second-order valence-electron chi connectivity index (χ2n) is 3.46. The molecule has 98 valence electrons. The van der Waals surface area contributed by atoms with E-state index in [1.165, 1.54) is 17.5 Å². The average molecular weight is 282 g/mol. The van der Waals surface area contributed by atoms with Gasteiger partial charge in [0.25, 0.3) is 5.69 Å². The summed E-state index contributed by atoms with van der Waals surface area (Å²) in [5.74, 6) is -1.66. The number of carbonyl (C=O) groups is 1. The van der Waals surface area contributed by atoms with Crippen LogP contribution in [0.5, 0.6) is 0 Å². The van der Waals surface area contributed by atoms with Gasteiger partial charge in [0, 0.05) is 6.20 Å². The van der Waals surface area contributed by atoms with Crippen LogP contribution in [0.1, 0.15) is 15.2 Å². The summed E-state index contributed by atoms with van der Waals surface area (Å²) in [6, 6.07) is 2.68. The number of ether oxygens (including phenoxy) is 1. The number of halogens is 1. The lowest BCUT2D eigenvalue weighted by atomic mass is 10.2. The number of benzene rings is 1. The minimum atomic E-state index is -0.875. The van der Waals surface area contributed by atoms with E-state index >= 15 is 0 Å². The fourth-order valence-corrected chi connectivity index (χ4v) is 1.86. The molecule has 2 aromatic rings. The van der Waals surface area contributed by atoms with Gasteiger partial charge in [-0.25, -0.2) is 9.18 Å². The molecule has 0 saturated heterocycles. The summed E-state index contributed by atoms with van der Waals surface area (Å²) in [4.78, 5) is 26.1. The lowest BCUT2D eigenvalue weighted by Gasteiger charge is -2.03. The molecule has 6 nitrogen and oxygen atoms in total. The van der Waals surface area contributed by atoms with Gasteiger partial charge in [0.15, 0.2) is 0 Å². The van der Waals surface area contributed by atoms with Crippen LogP contribution < -0.4 is 0 Å². The van der Waals surface area contributed by atoms with Crippen molar-refractivity contribution in [3.05, 3.63) is 56.3 Å². The van der Waals surface area contributed by atoms with Crippen molar-refractivity contribution in [1.82, 2.24) is 4.98 Å². The molecular weight excluding hydrogens is 275 g/mol. The number of carbonyl (C=O) groups excluding carboxylic acids is 1. The number of nitro groups is 1. The molecule has 0 aliphatic rings. The highest BCUT2D eigenvalue weighted by Gasteiger charge is 2.22. The van der Waals surface area contributed by atoms with Crippen LogP contribution in [-0.4, -0.2) is 15.9 Å². The summed E-state index contributed by atoms with van der Waals surface area (Å²) < 4.78 is 17.8. The fraction of sp³-hybridized carbons (Fsp3) is 0.0909. The van der Waals surface area contributed by atoms with E-state index in [4.69, 9.17) is 4.74 Å². The molecule has 19 heavy (non-hydrogen) atoms. The number of nitrogens with zero attached hydrogens (tertiary/aromatic N) is 2. The largest absolute Gasteiger partial charge is 0.456 e. The van der Waals surface area contributed by atoms with Gasteiger partial charge < -0.3 is 4.74 Å². The maximum Gasteiger partial charge on any atom is 0.345 e. The van der Waals surface area contributed by atoms with E-state index in [2.05, 4.69) is 4.98 Å². The molecule has 0 radical (unpaired) electrons. The maximum atomic E-state index is 12.9. The third-order valence-electron chi connectivity index (χ3n) is 2.21. The predicted octanol–water partition coefficient (Wildman–Crippen LogP) is 2.55. The monoisotopic (exact) mass is 282 g/mol. The molecule has 0 fully saturated rings. The Kier molecular flexibility index (Phi) is 3.81. The van der Waals surface area contributed by atoms with Crippen LogP contribution in [0, 0.1) is 15.9 Å². The van der Waals surface area contributed by atoms with Crippen molar-refractivity contribution in [2.24, 2.45) is 0 Å². The Bertz CT molecular complexity index is 615. The van der Waals surface area contributed by atoms with E-state index in [0.717, 1.165) is 12.1 Å². The summed E-state index contributed by atoms with van der Waals surface area (Å²) in [6.45, 7) is -0.0297.